The standard InChI is InChI=1S/C17H17F3N2O4S/c18-17(19,20)27-14-3-1-12(2-4-14)25-10-13-7-15(22-26-13)16(23)21-8-11-5-6-24-9-11/h1-4,7,11H,5-6,8-10H2,(H,21,23). The van der Waals surface area contributed by atoms with E-state index in [1.807, 2.05) is 0 Å². The Hall–Kier alpha value is -2.20. The predicted octanol–water partition coefficient (Wildman–Crippen LogP) is 3.63. The summed E-state index contributed by atoms with van der Waals surface area (Å²) in [5.74, 6) is 0.677. The molecule has 0 bridgehead atoms. The highest BCUT2D eigenvalue weighted by Gasteiger charge is 2.29. The monoisotopic (exact) mass is 402 g/mol. The Balaban J connectivity index is 1.46. The first kappa shape index (κ1) is 19.6. The van der Waals surface area contributed by atoms with Gasteiger partial charge in [-0.05, 0) is 42.4 Å². The van der Waals surface area contributed by atoms with Crippen molar-refractivity contribution in [2.24, 2.45) is 5.92 Å². The Labute approximate surface area is 157 Å². The third-order valence-electron chi connectivity index (χ3n) is 3.81. The van der Waals surface area contributed by atoms with Gasteiger partial charge < -0.3 is 19.3 Å². The number of amides is 1. The summed E-state index contributed by atoms with van der Waals surface area (Å²) < 4.78 is 52.6. The lowest BCUT2D eigenvalue weighted by atomic mass is 10.1. The van der Waals surface area contributed by atoms with E-state index in [4.69, 9.17) is 14.0 Å². The number of hydrogen-bond donors (Lipinski definition) is 1. The number of aromatic nitrogens is 1. The molecule has 1 aliphatic rings. The second-order valence-electron chi connectivity index (χ2n) is 5.93. The van der Waals surface area contributed by atoms with E-state index in [1.165, 1.54) is 30.3 Å². The lowest BCUT2D eigenvalue weighted by Gasteiger charge is -2.07. The number of benzene rings is 1. The molecule has 2 heterocycles. The van der Waals surface area contributed by atoms with Crippen LogP contribution in [0.2, 0.25) is 0 Å². The average molecular weight is 402 g/mol. The van der Waals surface area contributed by atoms with Gasteiger partial charge in [-0.1, -0.05) is 5.16 Å². The fraction of sp³-hybridized carbons (Fsp3) is 0.412. The Morgan fingerprint density at radius 3 is 2.78 bits per heavy atom. The van der Waals surface area contributed by atoms with Crippen molar-refractivity contribution in [2.45, 2.75) is 23.4 Å². The molecule has 1 aliphatic heterocycles. The van der Waals surface area contributed by atoms with E-state index >= 15 is 0 Å². The number of hydrogen-bond acceptors (Lipinski definition) is 6. The third-order valence-corrected chi connectivity index (χ3v) is 4.54. The molecule has 1 unspecified atom stereocenters. The van der Waals surface area contributed by atoms with Gasteiger partial charge in [0.1, 0.15) is 12.4 Å². The van der Waals surface area contributed by atoms with Crippen LogP contribution in [0.5, 0.6) is 5.75 Å². The molecule has 27 heavy (non-hydrogen) atoms. The average Bonchev–Trinajstić information content (AvgIpc) is 3.29. The second kappa shape index (κ2) is 8.66. The quantitative estimate of drug-likeness (QED) is 0.713. The van der Waals surface area contributed by atoms with Gasteiger partial charge >= 0.3 is 5.51 Å². The number of halogens is 3. The number of carbonyl (C=O) groups excluding carboxylic acids is 1. The fourth-order valence-electron chi connectivity index (χ4n) is 2.45. The number of carbonyl (C=O) groups is 1. The molecular formula is C17H17F3N2O4S. The van der Waals surface area contributed by atoms with Gasteiger partial charge in [-0.15, -0.1) is 0 Å². The first-order chi connectivity index (χ1) is 12.9. The van der Waals surface area contributed by atoms with Crippen molar-refractivity contribution in [2.75, 3.05) is 19.8 Å². The lowest BCUT2D eigenvalue weighted by Crippen LogP contribution is -2.29. The van der Waals surface area contributed by atoms with Crippen LogP contribution in [0.1, 0.15) is 22.7 Å². The van der Waals surface area contributed by atoms with Crippen LogP contribution >= 0.6 is 11.8 Å². The Bertz CT molecular complexity index is 758. The van der Waals surface area contributed by atoms with Crippen LogP contribution in [0, 0.1) is 5.92 Å². The molecule has 0 aliphatic carbocycles. The van der Waals surface area contributed by atoms with Crippen molar-refractivity contribution >= 4 is 17.7 Å². The van der Waals surface area contributed by atoms with Gasteiger partial charge in [0.2, 0.25) is 0 Å². The smallest absolute Gasteiger partial charge is 0.446 e. The van der Waals surface area contributed by atoms with E-state index in [0.717, 1.165) is 6.42 Å². The molecule has 1 saturated heterocycles. The highest BCUT2D eigenvalue weighted by Crippen LogP contribution is 2.37. The Morgan fingerprint density at radius 2 is 2.11 bits per heavy atom. The highest BCUT2D eigenvalue weighted by atomic mass is 32.2. The Kier molecular flexibility index (Phi) is 6.27. The molecular weight excluding hydrogens is 385 g/mol. The van der Waals surface area contributed by atoms with Gasteiger partial charge in [0, 0.05) is 30.0 Å². The van der Waals surface area contributed by atoms with E-state index in [9.17, 15) is 18.0 Å². The van der Waals surface area contributed by atoms with E-state index in [1.54, 1.807) is 0 Å². The molecule has 1 atom stereocenters. The number of ether oxygens (including phenoxy) is 2. The first-order valence-electron chi connectivity index (χ1n) is 8.19. The van der Waals surface area contributed by atoms with Crippen LogP contribution in [-0.4, -0.2) is 36.3 Å². The molecule has 10 heteroatoms. The Morgan fingerprint density at radius 1 is 1.33 bits per heavy atom. The zero-order valence-corrected chi connectivity index (χ0v) is 14.9. The highest BCUT2D eigenvalue weighted by molar-refractivity contribution is 8.00. The van der Waals surface area contributed by atoms with Crippen molar-refractivity contribution in [3.8, 4) is 5.75 Å². The predicted molar refractivity (Wildman–Crippen MR) is 90.4 cm³/mol. The summed E-state index contributed by atoms with van der Waals surface area (Å²) in [6.45, 7) is 1.86. The SMILES string of the molecule is O=C(NCC1CCOC1)c1cc(COc2ccc(SC(F)(F)F)cc2)on1. The number of thioether (sulfide) groups is 1. The van der Waals surface area contributed by atoms with Gasteiger partial charge in [-0.2, -0.15) is 13.2 Å². The summed E-state index contributed by atoms with van der Waals surface area (Å²) in [4.78, 5) is 12.1. The summed E-state index contributed by atoms with van der Waals surface area (Å²) in [5.41, 5.74) is -4.19. The minimum absolute atomic E-state index is 0.00249. The molecule has 0 radical (unpaired) electrons. The van der Waals surface area contributed by atoms with Crippen LogP contribution in [-0.2, 0) is 11.3 Å². The molecule has 1 N–H and O–H groups in total. The van der Waals surface area contributed by atoms with Crippen molar-refractivity contribution in [1.82, 2.24) is 10.5 Å². The normalized spacial score (nSPS) is 17.1. The van der Waals surface area contributed by atoms with E-state index in [-0.39, 0.29) is 34.9 Å². The first-order valence-corrected chi connectivity index (χ1v) is 9.01. The van der Waals surface area contributed by atoms with Crippen LogP contribution in [0.4, 0.5) is 13.2 Å². The van der Waals surface area contributed by atoms with Crippen molar-refractivity contribution in [3.63, 3.8) is 0 Å². The molecule has 0 spiro atoms. The van der Waals surface area contributed by atoms with Gasteiger partial charge in [0.15, 0.2) is 11.5 Å². The van der Waals surface area contributed by atoms with E-state index < -0.39 is 5.51 Å². The number of nitrogens with one attached hydrogen (secondary N) is 1. The van der Waals surface area contributed by atoms with Crippen LogP contribution < -0.4 is 10.1 Å². The van der Waals surface area contributed by atoms with Crippen molar-refractivity contribution in [3.05, 3.63) is 41.8 Å². The maximum atomic E-state index is 12.3. The maximum absolute atomic E-state index is 12.3. The molecule has 2 aromatic rings. The summed E-state index contributed by atoms with van der Waals surface area (Å²) in [7, 11) is 0. The van der Waals surface area contributed by atoms with Gasteiger partial charge in [-0.3, -0.25) is 4.79 Å². The van der Waals surface area contributed by atoms with Crippen LogP contribution in [0.15, 0.2) is 39.8 Å². The number of alkyl halides is 3. The van der Waals surface area contributed by atoms with Crippen molar-refractivity contribution < 1.29 is 32.0 Å². The largest absolute Gasteiger partial charge is 0.486 e. The lowest BCUT2D eigenvalue weighted by molar-refractivity contribution is -0.0328. The van der Waals surface area contributed by atoms with Gasteiger partial charge in [0.25, 0.3) is 5.91 Å². The summed E-state index contributed by atoms with van der Waals surface area (Å²) >= 11 is -0.192. The van der Waals surface area contributed by atoms with Crippen LogP contribution in [0.3, 0.4) is 0 Å². The topological polar surface area (TPSA) is 73.6 Å². The second-order valence-corrected chi connectivity index (χ2v) is 7.06. The summed E-state index contributed by atoms with van der Waals surface area (Å²) in [6.07, 6.45) is 0.915. The third kappa shape index (κ3) is 6.17. The van der Waals surface area contributed by atoms with Crippen molar-refractivity contribution in [1.29, 1.82) is 0 Å². The maximum Gasteiger partial charge on any atom is 0.446 e. The minimum Gasteiger partial charge on any atom is -0.486 e. The van der Waals surface area contributed by atoms with E-state index in [0.29, 0.717) is 37.2 Å². The molecule has 0 saturated carbocycles. The molecule has 1 fully saturated rings. The van der Waals surface area contributed by atoms with Gasteiger partial charge in [0.05, 0.1) is 6.61 Å². The summed E-state index contributed by atoms with van der Waals surface area (Å²) in [5, 5.41) is 6.48. The molecule has 6 nitrogen and oxygen atoms in total. The number of rotatable bonds is 7. The molecule has 1 aromatic carbocycles. The molecule has 146 valence electrons. The van der Waals surface area contributed by atoms with E-state index in [2.05, 4.69) is 10.5 Å². The molecule has 1 aromatic heterocycles. The zero-order valence-electron chi connectivity index (χ0n) is 14.1. The zero-order chi connectivity index (χ0) is 19.3. The molecule has 1 amide bonds. The summed E-state index contributed by atoms with van der Waals surface area (Å²) in [6, 6.07) is 6.97. The number of nitrogens with zero attached hydrogens (tertiary/aromatic N) is 1. The van der Waals surface area contributed by atoms with Crippen LogP contribution in [0.25, 0.3) is 0 Å². The fourth-order valence-corrected chi connectivity index (χ4v) is 2.99. The van der Waals surface area contributed by atoms with Gasteiger partial charge in [-0.25, -0.2) is 0 Å². The minimum atomic E-state index is -4.33. The molecule has 3 rings (SSSR count).